The van der Waals surface area contributed by atoms with E-state index in [0.29, 0.717) is 12.2 Å². The van der Waals surface area contributed by atoms with E-state index >= 15 is 0 Å². The Bertz CT molecular complexity index is 473. The van der Waals surface area contributed by atoms with E-state index in [9.17, 15) is 9.90 Å². The van der Waals surface area contributed by atoms with Gasteiger partial charge in [0.05, 0.1) is 13.3 Å². The number of phenolic OH excluding ortho intramolecular Hbond substituents is 1. The zero-order valence-electron chi connectivity index (χ0n) is 12.8. The molecule has 1 rings (SSSR count). The van der Waals surface area contributed by atoms with E-state index in [2.05, 4.69) is 17.5 Å². The van der Waals surface area contributed by atoms with Crippen molar-refractivity contribution in [2.24, 2.45) is 5.10 Å². The van der Waals surface area contributed by atoms with Gasteiger partial charge in [0.15, 0.2) is 11.5 Å². The van der Waals surface area contributed by atoms with Crippen LogP contribution in [0, 0.1) is 0 Å². The van der Waals surface area contributed by atoms with E-state index in [1.54, 1.807) is 12.1 Å². The Hall–Kier alpha value is -2.04. The number of hydrogen-bond donors (Lipinski definition) is 2. The van der Waals surface area contributed by atoms with Crippen molar-refractivity contribution in [3.63, 3.8) is 0 Å². The minimum absolute atomic E-state index is 0.0748. The first-order valence-electron chi connectivity index (χ1n) is 7.36. The topological polar surface area (TPSA) is 70.9 Å². The van der Waals surface area contributed by atoms with Crippen LogP contribution in [0.5, 0.6) is 11.5 Å². The van der Waals surface area contributed by atoms with Crippen LogP contribution in [-0.2, 0) is 4.79 Å². The minimum atomic E-state index is -0.0755. The first kappa shape index (κ1) is 17.0. The molecule has 0 spiro atoms. The highest BCUT2D eigenvalue weighted by atomic mass is 16.5. The molecule has 0 radical (unpaired) electrons. The lowest BCUT2D eigenvalue weighted by molar-refractivity contribution is -0.121. The number of phenols is 1. The monoisotopic (exact) mass is 292 g/mol. The summed E-state index contributed by atoms with van der Waals surface area (Å²) in [6, 6.07) is 4.86. The van der Waals surface area contributed by atoms with Gasteiger partial charge in [-0.25, -0.2) is 5.43 Å². The molecule has 0 bridgehead atoms. The Balaban J connectivity index is 2.32. The van der Waals surface area contributed by atoms with E-state index in [1.165, 1.54) is 38.7 Å². The third-order valence-electron chi connectivity index (χ3n) is 3.11. The minimum Gasteiger partial charge on any atom is -0.504 e. The van der Waals surface area contributed by atoms with Crippen molar-refractivity contribution < 1.29 is 14.6 Å². The van der Waals surface area contributed by atoms with E-state index in [1.807, 2.05) is 0 Å². The van der Waals surface area contributed by atoms with Crippen LogP contribution in [0.15, 0.2) is 23.3 Å². The van der Waals surface area contributed by atoms with Gasteiger partial charge in [-0.3, -0.25) is 4.79 Å². The van der Waals surface area contributed by atoms with E-state index in [4.69, 9.17) is 4.74 Å². The summed E-state index contributed by atoms with van der Waals surface area (Å²) >= 11 is 0. The second-order valence-corrected chi connectivity index (χ2v) is 4.89. The highest BCUT2D eigenvalue weighted by Crippen LogP contribution is 2.25. The number of methoxy groups -OCH3 is 1. The number of aromatic hydroxyl groups is 1. The molecule has 0 atom stereocenters. The van der Waals surface area contributed by atoms with E-state index in [0.717, 1.165) is 18.4 Å². The van der Waals surface area contributed by atoms with Gasteiger partial charge in [-0.2, -0.15) is 5.10 Å². The number of carbonyl (C=O) groups excluding carboxylic acids is 1. The van der Waals surface area contributed by atoms with Crippen LogP contribution in [0.1, 0.15) is 51.0 Å². The summed E-state index contributed by atoms with van der Waals surface area (Å²) in [4.78, 5) is 11.6. The SMILES string of the molecule is CCCCCCCC(=O)N/N=C\c1ccc(O)c(OC)c1. The Morgan fingerprint density at radius 3 is 2.81 bits per heavy atom. The highest BCUT2D eigenvalue weighted by Gasteiger charge is 2.01. The zero-order valence-corrected chi connectivity index (χ0v) is 12.8. The molecular weight excluding hydrogens is 268 g/mol. The molecule has 0 unspecified atom stereocenters. The van der Waals surface area contributed by atoms with Gasteiger partial charge in [0.1, 0.15) is 0 Å². The fourth-order valence-corrected chi connectivity index (χ4v) is 1.90. The second-order valence-electron chi connectivity index (χ2n) is 4.89. The predicted molar refractivity (Wildman–Crippen MR) is 83.8 cm³/mol. The van der Waals surface area contributed by atoms with Crippen molar-refractivity contribution in [3.05, 3.63) is 23.8 Å². The summed E-state index contributed by atoms with van der Waals surface area (Å²) in [7, 11) is 1.48. The summed E-state index contributed by atoms with van der Waals surface area (Å²) in [6.07, 6.45) is 7.61. The molecule has 0 aromatic heterocycles. The van der Waals surface area contributed by atoms with Gasteiger partial charge in [-0.1, -0.05) is 32.6 Å². The van der Waals surface area contributed by atoms with Crippen LogP contribution in [0.25, 0.3) is 0 Å². The summed E-state index contributed by atoms with van der Waals surface area (Å²) in [5, 5.41) is 13.4. The maximum Gasteiger partial charge on any atom is 0.240 e. The molecule has 1 aromatic carbocycles. The van der Waals surface area contributed by atoms with Crippen LogP contribution in [-0.4, -0.2) is 24.3 Å². The van der Waals surface area contributed by atoms with E-state index < -0.39 is 0 Å². The molecule has 5 heteroatoms. The number of amides is 1. The molecule has 21 heavy (non-hydrogen) atoms. The average Bonchev–Trinajstić information content (AvgIpc) is 2.48. The van der Waals surface area contributed by atoms with Crippen molar-refractivity contribution in [2.45, 2.75) is 45.4 Å². The normalized spacial score (nSPS) is 10.8. The first-order chi connectivity index (χ1) is 10.2. The van der Waals surface area contributed by atoms with E-state index in [-0.39, 0.29) is 11.7 Å². The molecule has 0 fully saturated rings. The third kappa shape index (κ3) is 6.79. The summed E-state index contributed by atoms with van der Waals surface area (Å²) in [5.74, 6) is 0.375. The van der Waals surface area contributed by atoms with Gasteiger partial charge < -0.3 is 9.84 Å². The van der Waals surface area contributed by atoms with Gasteiger partial charge in [0.2, 0.25) is 5.91 Å². The Labute approximate surface area is 126 Å². The van der Waals surface area contributed by atoms with Gasteiger partial charge in [-0.15, -0.1) is 0 Å². The molecule has 116 valence electrons. The van der Waals surface area contributed by atoms with Gasteiger partial charge in [-0.05, 0) is 30.2 Å². The molecule has 5 nitrogen and oxygen atoms in total. The summed E-state index contributed by atoms with van der Waals surface area (Å²) in [6.45, 7) is 2.17. The number of carbonyl (C=O) groups is 1. The summed E-state index contributed by atoms with van der Waals surface area (Å²) < 4.78 is 5.00. The number of nitrogens with zero attached hydrogens (tertiary/aromatic N) is 1. The van der Waals surface area contributed by atoms with Crippen molar-refractivity contribution >= 4 is 12.1 Å². The number of ether oxygens (including phenoxy) is 1. The third-order valence-corrected chi connectivity index (χ3v) is 3.11. The van der Waals surface area contributed by atoms with Crippen molar-refractivity contribution in [1.29, 1.82) is 0 Å². The second kappa shape index (κ2) is 9.80. The number of nitrogens with one attached hydrogen (secondary N) is 1. The van der Waals surface area contributed by atoms with Crippen LogP contribution < -0.4 is 10.2 Å². The maximum absolute atomic E-state index is 11.6. The largest absolute Gasteiger partial charge is 0.504 e. The molecule has 0 aliphatic carbocycles. The fraction of sp³-hybridized carbons (Fsp3) is 0.500. The molecule has 2 N–H and O–H groups in total. The van der Waals surface area contributed by atoms with Gasteiger partial charge >= 0.3 is 0 Å². The van der Waals surface area contributed by atoms with Crippen LogP contribution in [0.3, 0.4) is 0 Å². The molecule has 1 amide bonds. The van der Waals surface area contributed by atoms with Crippen LogP contribution in [0.2, 0.25) is 0 Å². The molecule has 0 aliphatic heterocycles. The van der Waals surface area contributed by atoms with Crippen molar-refractivity contribution in [1.82, 2.24) is 5.43 Å². The number of hydrazone groups is 1. The van der Waals surface area contributed by atoms with Crippen molar-refractivity contribution in [3.8, 4) is 11.5 Å². The molecule has 0 saturated carbocycles. The standard InChI is InChI=1S/C16H24N2O3/c1-3-4-5-6-7-8-16(20)18-17-12-13-9-10-14(19)15(11-13)21-2/h9-12,19H,3-8H2,1-2H3,(H,18,20)/b17-12-. The lowest BCUT2D eigenvalue weighted by Crippen LogP contribution is -2.16. The molecule has 1 aromatic rings. The zero-order chi connectivity index (χ0) is 15.5. The number of unbranched alkanes of at least 4 members (excludes halogenated alkanes) is 4. The lowest BCUT2D eigenvalue weighted by atomic mass is 10.1. The molecule has 0 saturated heterocycles. The van der Waals surface area contributed by atoms with Gasteiger partial charge in [0, 0.05) is 6.42 Å². The Morgan fingerprint density at radius 2 is 2.10 bits per heavy atom. The van der Waals surface area contributed by atoms with Crippen LogP contribution >= 0.6 is 0 Å². The predicted octanol–water partition coefficient (Wildman–Crippen LogP) is 3.21. The van der Waals surface area contributed by atoms with Crippen molar-refractivity contribution in [2.75, 3.05) is 7.11 Å². The summed E-state index contributed by atoms with van der Waals surface area (Å²) in [5.41, 5.74) is 3.24. The smallest absolute Gasteiger partial charge is 0.240 e. The van der Waals surface area contributed by atoms with Gasteiger partial charge in [0.25, 0.3) is 0 Å². The molecular formula is C16H24N2O3. The maximum atomic E-state index is 11.6. The first-order valence-corrected chi connectivity index (χ1v) is 7.36. The highest BCUT2D eigenvalue weighted by molar-refractivity contribution is 5.83. The number of benzene rings is 1. The Kier molecular flexibility index (Phi) is 7.94. The lowest BCUT2D eigenvalue weighted by Gasteiger charge is -2.03. The van der Waals surface area contributed by atoms with Crippen LogP contribution in [0.4, 0.5) is 0 Å². The number of rotatable bonds is 9. The fourth-order valence-electron chi connectivity index (χ4n) is 1.90. The average molecular weight is 292 g/mol. The molecule has 0 aliphatic rings. The molecule has 0 heterocycles. The number of hydrogen-bond acceptors (Lipinski definition) is 4. The Morgan fingerprint density at radius 1 is 1.33 bits per heavy atom. The quantitative estimate of drug-likeness (QED) is 0.417.